The van der Waals surface area contributed by atoms with Crippen LogP contribution in [-0.2, 0) is 0 Å². The molecule has 0 spiro atoms. The van der Waals surface area contributed by atoms with Gasteiger partial charge in [0, 0.05) is 30.6 Å². The van der Waals surface area contributed by atoms with Gasteiger partial charge < -0.3 is 9.64 Å². The van der Waals surface area contributed by atoms with Crippen molar-refractivity contribution in [1.82, 2.24) is 4.90 Å². The molecule has 2 rings (SSSR count). The van der Waals surface area contributed by atoms with Crippen molar-refractivity contribution in [2.45, 2.75) is 26.3 Å². The van der Waals surface area contributed by atoms with Gasteiger partial charge in [0.2, 0.25) is 0 Å². The average molecular weight is 246 g/mol. The molecule has 18 heavy (non-hydrogen) atoms. The van der Waals surface area contributed by atoms with Gasteiger partial charge in [-0.2, -0.15) is 0 Å². The van der Waals surface area contributed by atoms with E-state index < -0.39 is 0 Å². The van der Waals surface area contributed by atoms with Crippen LogP contribution in [-0.4, -0.2) is 37.4 Å². The summed E-state index contributed by atoms with van der Waals surface area (Å²) in [5.41, 5.74) is 2.33. The largest absolute Gasteiger partial charge is 0.497 e. The Morgan fingerprint density at radius 3 is 2.50 bits per heavy atom. The minimum Gasteiger partial charge on any atom is -0.497 e. The Hall–Kier alpha value is -1.35. The highest BCUT2D eigenvalue weighted by atomic mass is 16.5. The number of hydrogen-bond acceptors (Lipinski definition) is 3. The lowest BCUT2D eigenvalue weighted by atomic mass is 9.93. The molecule has 1 heterocycles. The molecule has 1 aromatic rings. The van der Waals surface area contributed by atoms with Crippen LogP contribution in [0.2, 0.25) is 0 Å². The highest BCUT2D eigenvalue weighted by Gasteiger charge is 2.24. The van der Waals surface area contributed by atoms with Gasteiger partial charge in [-0.15, -0.1) is 0 Å². The first-order valence-electron chi connectivity index (χ1n) is 6.52. The molecule has 3 heteroatoms. The molecular weight excluding hydrogens is 224 g/mol. The lowest BCUT2D eigenvalue weighted by molar-refractivity contribution is 0.226. The second-order valence-corrected chi connectivity index (χ2v) is 5.19. The van der Waals surface area contributed by atoms with Crippen molar-refractivity contribution in [2.75, 3.05) is 20.7 Å². The second kappa shape index (κ2) is 5.53. The summed E-state index contributed by atoms with van der Waals surface area (Å²) in [6.07, 6.45) is 1.06. The van der Waals surface area contributed by atoms with Crippen LogP contribution in [0.15, 0.2) is 29.3 Å². The van der Waals surface area contributed by atoms with E-state index in [0.717, 1.165) is 24.4 Å². The van der Waals surface area contributed by atoms with Gasteiger partial charge in [0.1, 0.15) is 5.75 Å². The first-order valence-corrected chi connectivity index (χ1v) is 6.52. The molecule has 3 nitrogen and oxygen atoms in total. The summed E-state index contributed by atoms with van der Waals surface area (Å²) < 4.78 is 5.16. The van der Waals surface area contributed by atoms with Gasteiger partial charge in [0.05, 0.1) is 12.8 Å². The van der Waals surface area contributed by atoms with Gasteiger partial charge >= 0.3 is 0 Å². The van der Waals surface area contributed by atoms with Crippen LogP contribution < -0.4 is 4.74 Å². The van der Waals surface area contributed by atoms with E-state index in [0.29, 0.717) is 12.0 Å². The molecule has 1 fully saturated rings. The number of aliphatic imine (C=N–C) groups is 1. The molecule has 0 saturated carbocycles. The molecule has 2 unspecified atom stereocenters. The van der Waals surface area contributed by atoms with Crippen LogP contribution >= 0.6 is 0 Å². The van der Waals surface area contributed by atoms with E-state index in [9.17, 15) is 0 Å². The van der Waals surface area contributed by atoms with Gasteiger partial charge in [-0.3, -0.25) is 4.99 Å². The summed E-state index contributed by atoms with van der Waals surface area (Å²) in [4.78, 5) is 7.19. The van der Waals surface area contributed by atoms with E-state index in [2.05, 4.69) is 25.8 Å². The monoisotopic (exact) mass is 246 g/mol. The lowest BCUT2D eigenvalue weighted by Crippen LogP contribution is -2.42. The Morgan fingerprint density at radius 1 is 1.22 bits per heavy atom. The number of methoxy groups -OCH3 is 1. The molecule has 1 aliphatic rings. The summed E-state index contributed by atoms with van der Waals surface area (Å²) >= 11 is 0. The van der Waals surface area contributed by atoms with Gasteiger partial charge in [-0.25, -0.2) is 0 Å². The predicted molar refractivity (Wildman–Crippen MR) is 76.0 cm³/mol. The summed E-state index contributed by atoms with van der Waals surface area (Å²) in [5, 5.41) is 0. The fourth-order valence-electron chi connectivity index (χ4n) is 2.36. The second-order valence-electron chi connectivity index (χ2n) is 5.19. The number of benzene rings is 1. The van der Waals surface area contributed by atoms with Crippen molar-refractivity contribution < 1.29 is 4.74 Å². The number of likely N-dealkylation sites (tertiary alicyclic amines) is 1. The molecule has 98 valence electrons. The van der Waals surface area contributed by atoms with Crippen molar-refractivity contribution in [3.8, 4) is 5.75 Å². The van der Waals surface area contributed by atoms with E-state index in [1.165, 1.54) is 5.71 Å². The van der Waals surface area contributed by atoms with E-state index in [1.54, 1.807) is 7.11 Å². The smallest absolute Gasteiger partial charge is 0.119 e. The van der Waals surface area contributed by atoms with E-state index >= 15 is 0 Å². The lowest BCUT2D eigenvalue weighted by Gasteiger charge is -2.34. The Kier molecular flexibility index (Phi) is 4.02. The molecule has 0 aromatic heterocycles. The van der Waals surface area contributed by atoms with Gasteiger partial charge in [-0.1, -0.05) is 6.92 Å². The van der Waals surface area contributed by atoms with E-state index in [1.807, 2.05) is 24.3 Å². The maximum atomic E-state index is 5.16. The fraction of sp³-hybridized carbons (Fsp3) is 0.533. The molecule has 0 aliphatic carbocycles. The third-order valence-electron chi connectivity index (χ3n) is 3.73. The molecule has 0 radical (unpaired) electrons. The highest BCUT2D eigenvalue weighted by molar-refractivity contribution is 5.90. The van der Waals surface area contributed by atoms with Gasteiger partial charge in [0.25, 0.3) is 0 Å². The number of ether oxygens (including phenoxy) is 1. The maximum Gasteiger partial charge on any atom is 0.119 e. The van der Waals surface area contributed by atoms with Gasteiger partial charge in [0.15, 0.2) is 0 Å². The highest BCUT2D eigenvalue weighted by Crippen LogP contribution is 2.23. The first kappa shape index (κ1) is 13.1. The fourth-order valence-corrected chi connectivity index (χ4v) is 2.36. The zero-order chi connectivity index (χ0) is 13.1. The van der Waals surface area contributed by atoms with Crippen LogP contribution in [0.3, 0.4) is 0 Å². The number of hydrogen-bond donors (Lipinski definition) is 0. The summed E-state index contributed by atoms with van der Waals surface area (Å²) in [7, 11) is 3.87. The molecule has 1 saturated heterocycles. The van der Waals surface area contributed by atoms with Crippen LogP contribution in [0.1, 0.15) is 20.3 Å². The minimum atomic E-state index is 0.535. The van der Waals surface area contributed by atoms with E-state index in [-0.39, 0.29) is 0 Å². The van der Waals surface area contributed by atoms with Crippen molar-refractivity contribution in [3.05, 3.63) is 24.3 Å². The predicted octanol–water partition coefficient (Wildman–Crippen LogP) is 3.13. The van der Waals surface area contributed by atoms with Crippen molar-refractivity contribution in [1.29, 1.82) is 0 Å². The van der Waals surface area contributed by atoms with Crippen LogP contribution in [0, 0.1) is 5.92 Å². The third-order valence-corrected chi connectivity index (χ3v) is 3.73. The van der Waals surface area contributed by atoms with Crippen molar-refractivity contribution in [3.63, 3.8) is 0 Å². The minimum absolute atomic E-state index is 0.535. The molecular formula is C15H22N2O. The molecule has 2 atom stereocenters. The topological polar surface area (TPSA) is 24.8 Å². The van der Waals surface area contributed by atoms with Crippen LogP contribution in [0.5, 0.6) is 5.75 Å². The third kappa shape index (κ3) is 2.91. The number of nitrogens with zero attached hydrogens (tertiary/aromatic N) is 2. The maximum absolute atomic E-state index is 5.16. The molecule has 1 aromatic carbocycles. The summed E-state index contributed by atoms with van der Waals surface area (Å²) in [5.74, 6) is 1.41. The Morgan fingerprint density at radius 2 is 1.89 bits per heavy atom. The van der Waals surface area contributed by atoms with Crippen LogP contribution in [0.25, 0.3) is 0 Å². The quantitative estimate of drug-likeness (QED) is 0.801. The van der Waals surface area contributed by atoms with E-state index in [4.69, 9.17) is 9.73 Å². The Bertz CT molecular complexity index is 425. The first-order chi connectivity index (χ1) is 8.60. The summed E-state index contributed by atoms with van der Waals surface area (Å²) in [6.45, 7) is 5.61. The SMILES string of the molecule is COc1ccc(N=C2CC(C)N(C)CC2C)cc1. The van der Waals surface area contributed by atoms with Crippen molar-refractivity contribution >= 4 is 11.4 Å². The van der Waals surface area contributed by atoms with Crippen molar-refractivity contribution in [2.24, 2.45) is 10.9 Å². The molecule has 0 amide bonds. The normalized spacial score (nSPS) is 27.4. The Labute approximate surface area is 109 Å². The zero-order valence-corrected chi connectivity index (χ0v) is 11.7. The zero-order valence-electron chi connectivity index (χ0n) is 11.7. The standard InChI is InChI=1S/C15H22N2O/c1-11-10-17(3)12(2)9-15(11)16-13-5-7-14(18-4)8-6-13/h5-8,11-12H,9-10H2,1-4H3. The Balaban J connectivity index is 2.16. The average Bonchev–Trinajstić information content (AvgIpc) is 2.37. The molecule has 0 bridgehead atoms. The number of piperidine rings is 1. The van der Waals surface area contributed by atoms with Gasteiger partial charge in [-0.05, 0) is 38.2 Å². The molecule has 0 N–H and O–H groups in total. The van der Waals surface area contributed by atoms with Crippen LogP contribution in [0.4, 0.5) is 5.69 Å². The number of rotatable bonds is 2. The summed E-state index contributed by atoms with van der Waals surface area (Å²) in [6, 6.07) is 8.53. The molecule has 1 aliphatic heterocycles.